The summed E-state index contributed by atoms with van der Waals surface area (Å²) in [5.41, 5.74) is 2.09. The van der Waals surface area contributed by atoms with Crippen molar-refractivity contribution in [3.05, 3.63) is 35.4 Å². The fourth-order valence-corrected chi connectivity index (χ4v) is 1.76. The molecular formula is C13H21NO2. The average Bonchev–Trinajstić information content (AvgIpc) is 2.29. The summed E-state index contributed by atoms with van der Waals surface area (Å²) in [5, 5.41) is 21.3. The van der Waals surface area contributed by atoms with E-state index in [0.717, 1.165) is 17.5 Å². The summed E-state index contributed by atoms with van der Waals surface area (Å²) < 4.78 is 0. The topological polar surface area (TPSA) is 52.5 Å². The molecule has 2 unspecified atom stereocenters. The smallest absolute Gasteiger partial charge is 0.0681 e. The standard InChI is InChI=1S/C13H21NO2/c1-10(6-7-15)14-11(2)13-5-3-4-12(8-13)9-16/h3-5,8,10-11,14-16H,6-7,9H2,1-2H3. The highest BCUT2D eigenvalue weighted by atomic mass is 16.3. The molecule has 1 rings (SSSR count). The third-order valence-corrected chi connectivity index (χ3v) is 2.73. The highest BCUT2D eigenvalue weighted by molar-refractivity contribution is 5.25. The van der Waals surface area contributed by atoms with Crippen LogP contribution >= 0.6 is 0 Å². The Morgan fingerprint density at radius 2 is 2.00 bits per heavy atom. The summed E-state index contributed by atoms with van der Waals surface area (Å²) in [5.74, 6) is 0. The van der Waals surface area contributed by atoms with Gasteiger partial charge in [-0.3, -0.25) is 0 Å². The molecule has 2 atom stereocenters. The van der Waals surface area contributed by atoms with E-state index in [1.807, 2.05) is 24.3 Å². The van der Waals surface area contributed by atoms with Crippen LogP contribution in [0.1, 0.15) is 37.4 Å². The largest absolute Gasteiger partial charge is 0.396 e. The third-order valence-electron chi connectivity index (χ3n) is 2.73. The van der Waals surface area contributed by atoms with Crippen LogP contribution < -0.4 is 5.32 Å². The fraction of sp³-hybridized carbons (Fsp3) is 0.538. The van der Waals surface area contributed by atoms with Crippen molar-refractivity contribution < 1.29 is 10.2 Å². The molecule has 0 saturated heterocycles. The lowest BCUT2D eigenvalue weighted by molar-refractivity contribution is 0.264. The van der Waals surface area contributed by atoms with Crippen LogP contribution in [-0.4, -0.2) is 22.9 Å². The van der Waals surface area contributed by atoms with Gasteiger partial charge in [0.1, 0.15) is 0 Å². The van der Waals surface area contributed by atoms with Crippen molar-refractivity contribution in [3.63, 3.8) is 0 Å². The van der Waals surface area contributed by atoms with Gasteiger partial charge in [-0.25, -0.2) is 0 Å². The fourth-order valence-electron chi connectivity index (χ4n) is 1.76. The Morgan fingerprint density at radius 1 is 1.25 bits per heavy atom. The Balaban J connectivity index is 2.61. The average molecular weight is 223 g/mol. The van der Waals surface area contributed by atoms with E-state index in [1.165, 1.54) is 0 Å². The summed E-state index contributed by atoms with van der Waals surface area (Å²) in [7, 11) is 0. The second kappa shape index (κ2) is 6.63. The molecule has 0 aliphatic heterocycles. The zero-order chi connectivity index (χ0) is 12.0. The molecule has 0 aliphatic rings. The van der Waals surface area contributed by atoms with Crippen LogP contribution in [0.5, 0.6) is 0 Å². The molecule has 0 saturated carbocycles. The number of aliphatic hydroxyl groups is 2. The Hall–Kier alpha value is -0.900. The number of rotatable bonds is 6. The van der Waals surface area contributed by atoms with E-state index >= 15 is 0 Å². The first-order valence-electron chi connectivity index (χ1n) is 5.74. The van der Waals surface area contributed by atoms with Crippen LogP contribution in [0, 0.1) is 0 Å². The Morgan fingerprint density at radius 3 is 2.62 bits per heavy atom. The summed E-state index contributed by atoms with van der Waals surface area (Å²) in [6.45, 7) is 4.43. The van der Waals surface area contributed by atoms with Gasteiger partial charge in [-0.1, -0.05) is 24.3 Å². The molecule has 3 N–H and O–H groups in total. The molecule has 0 amide bonds. The number of hydrogen-bond acceptors (Lipinski definition) is 3. The first-order valence-corrected chi connectivity index (χ1v) is 5.74. The van der Waals surface area contributed by atoms with Crippen molar-refractivity contribution in [3.8, 4) is 0 Å². The number of nitrogens with one attached hydrogen (secondary N) is 1. The first-order chi connectivity index (χ1) is 7.67. The van der Waals surface area contributed by atoms with Crippen LogP contribution in [0.2, 0.25) is 0 Å². The van der Waals surface area contributed by atoms with Crippen molar-refractivity contribution >= 4 is 0 Å². The molecule has 16 heavy (non-hydrogen) atoms. The van der Waals surface area contributed by atoms with E-state index in [4.69, 9.17) is 10.2 Å². The molecule has 0 bridgehead atoms. The summed E-state index contributed by atoms with van der Waals surface area (Å²) in [4.78, 5) is 0. The SMILES string of the molecule is CC(CCO)NC(C)c1cccc(CO)c1. The van der Waals surface area contributed by atoms with Gasteiger partial charge in [0.15, 0.2) is 0 Å². The molecule has 90 valence electrons. The van der Waals surface area contributed by atoms with E-state index in [9.17, 15) is 0 Å². The third kappa shape index (κ3) is 3.93. The van der Waals surface area contributed by atoms with Gasteiger partial charge in [0.05, 0.1) is 6.61 Å². The maximum atomic E-state index is 9.06. The first kappa shape index (κ1) is 13.2. The molecule has 0 heterocycles. The zero-order valence-electron chi connectivity index (χ0n) is 9.98. The van der Waals surface area contributed by atoms with Gasteiger partial charge in [-0.05, 0) is 31.4 Å². The normalized spacial score (nSPS) is 14.8. The lowest BCUT2D eigenvalue weighted by atomic mass is 10.0. The predicted octanol–water partition coefficient (Wildman–Crippen LogP) is 1.60. The minimum atomic E-state index is 0.0761. The summed E-state index contributed by atoms with van der Waals surface area (Å²) in [6, 6.07) is 8.43. The quantitative estimate of drug-likeness (QED) is 0.686. The molecule has 0 aliphatic carbocycles. The van der Waals surface area contributed by atoms with Crippen molar-refractivity contribution in [2.24, 2.45) is 0 Å². The molecule has 0 spiro atoms. The van der Waals surface area contributed by atoms with Gasteiger partial charge in [-0.2, -0.15) is 0 Å². The monoisotopic (exact) mass is 223 g/mol. The van der Waals surface area contributed by atoms with E-state index in [-0.39, 0.29) is 25.3 Å². The Bertz CT molecular complexity index is 315. The maximum Gasteiger partial charge on any atom is 0.0681 e. The van der Waals surface area contributed by atoms with Crippen molar-refractivity contribution in [1.82, 2.24) is 5.32 Å². The molecular weight excluding hydrogens is 202 g/mol. The van der Waals surface area contributed by atoms with Crippen molar-refractivity contribution in [2.75, 3.05) is 6.61 Å². The van der Waals surface area contributed by atoms with Gasteiger partial charge < -0.3 is 15.5 Å². The van der Waals surface area contributed by atoms with E-state index < -0.39 is 0 Å². The van der Waals surface area contributed by atoms with Gasteiger partial charge in [0.25, 0.3) is 0 Å². The molecule has 3 heteroatoms. The van der Waals surface area contributed by atoms with Gasteiger partial charge in [0, 0.05) is 18.7 Å². The predicted molar refractivity (Wildman–Crippen MR) is 65.1 cm³/mol. The molecule has 0 aromatic heterocycles. The second-order valence-electron chi connectivity index (χ2n) is 4.20. The van der Waals surface area contributed by atoms with Crippen LogP contribution in [0.4, 0.5) is 0 Å². The van der Waals surface area contributed by atoms with Crippen molar-refractivity contribution in [2.45, 2.75) is 39.0 Å². The Kier molecular flexibility index (Phi) is 5.46. The number of benzene rings is 1. The molecule has 1 aromatic rings. The lowest BCUT2D eigenvalue weighted by Crippen LogP contribution is -2.29. The van der Waals surface area contributed by atoms with Crippen LogP contribution in [-0.2, 0) is 6.61 Å². The van der Waals surface area contributed by atoms with Gasteiger partial charge >= 0.3 is 0 Å². The molecule has 0 radical (unpaired) electrons. The zero-order valence-corrected chi connectivity index (χ0v) is 9.98. The minimum absolute atomic E-state index is 0.0761. The maximum absolute atomic E-state index is 9.06. The van der Waals surface area contributed by atoms with Crippen LogP contribution in [0.25, 0.3) is 0 Å². The molecule has 1 aromatic carbocycles. The summed E-state index contributed by atoms with van der Waals surface area (Å²) in [6.07, 6.45) is 0.754. The minimum Gasteiger partial charge on any atom is -0.396 e. The molecule has 0 fully saturated rings. The van der Waals surface area contributed by atoms with Gasteiger partial charge in [0.2, 0.25) is 0 Å². The van der Waals surface area contributed by atoms with Gasteiger partial charge in [-0.15, -0.1) is 0 Å². The highest BCUT2D eigenvalue weighted by Gasteiger charge is 2.09. The van der Waals surface area contributed by atoms with Crippen LogP contribution in [0.3, 0.4) is 0 Å². The lowest BCUT2D eigenvalue weighted by Gasteiger charge is -2.20. The number of hydrogen-bond donors (Lipinski definition) is 3. The van der Waals surface area contributed by atoms with E-state index in [2.05, 4.69) is 19.2 Å². The molecule has 3 nitrogen and oxygen atoms in total. The van der Waals surface area contributed by atoms with E-state index in [0.29, 0.717) is 0 Å². The summed E-state index contributed by atoms with van der Waals surface area (Å²) >= 11 is 0. The van der Waals surface area contributed by atoms with Crippen molar-refractivity contribution in [1.29, 1.82) is 0 Å². The Labute approximate surface area is 97.1 Å². The number of aliphatic hydroxyl groups excluding tert-OH is 2. The van der Waals surface area contributed by atoms with E-state index in [1.54, 1.807) is 0 Å². The second-order valence-corrected chi connectivity index (χ2v) is 4.20. The van der Waals surface area contributed by atoms with Crippen LogP contribution in [0.15, 0.2) is 24.3 Å². The highest BCUT2D eigenvalue weighted by Crippen LogP contribution is 2.15.